The molecule has 4 nitrogen and oxygen atoms in total. The Kier molecular flexibility index (Phi) is 9.33. The fraction of sp³-hybridized carbons (Fsp3) is 1.00. The van der Waals surface area contributed by atoms with E-state index in [-0.39, 0.29) is 0 Å². The molecule has 0 atom stereocenters. The van der Waals surface area contributed by atoms with Crippen LogP contribution < -0.4 is 5.32 Å². The highest BCUT2D eigenvalue weighted by atomic mass is 28.4. The van der Waals surface area contributed by atoms with Crippen LogP contribution in [0.1, 0.15) is 26.7 Å². The Balaban J connectivity index is 3.88. The maximum absolute atomic E-state index is 5.72. The van der Waals surface area contributed by atoms with Crippen LogP contribution in [0.15, 0.2) is 0 Å². The molecule has 0 aromatic rings. The molecule has 0 aliphatic rings. The van der Waals surface area contributed by atoms with Crippen LogP contribution in [-0.4, -0.2) is 42.7 Å². The van der Waals surface area contributed by atoms with E-state index in [4.69, 9.17) is 13.3 Å². The van der Waals surface area contributed by atoms with E-state index in [1.165, 1.54) is 0 Å². The van der Waals surface area contributed by atoms with Gasteiger partial charge in [-0.15, -0.1) is 0 Å². The van der Waals surface area contributed by atoms with Crippen molar-refractivity contribution in [2.45, 2.75) is 32.7 Å². The second kappa shape index (κ2) is 9.29. The summed E-state index contributed by atoms with van der Waals surface area (Å²) in [6.07, 6.45) is 2.03. The average Bonchev–Trinajstić information content (AvgIpc) is 2.29. The Labute approximate surface area is 94.7 Å². The summed E-state index contributed by atoms with van der Waals surface area (Å²) in [5.74, 6) is 0. The molecule has 0 radical (unpaired) electrons. The van der Waals surface area contributed by atoms with E-state index in [2.05, 4.69) is 19.2 Å². The molecular formula is C10H25NO3Si. The lowest BCUT2D eigenvalue weighted by Crippen LogP contribution is -2.44. The zero-order valence-electron chi connectivity index (χ0n) is 10.5. The summed E-state index contributed by atoms with van der Waals surface area (Å²) in [5, 5.41) is 3.28. The minimum absolute atomic E-state index is 0.717. The summed E-state index contributed by atoms with van der Waals surface area (Å²) in [6, 6.07) is 0.882. The van der Waals surface area contributed by atoms with Gasteiger partial charge in [0.1, 0.15) is 0 Å². The topological polar surface area (TPSA) is 39.7 Å². The summed E-state index contributed by atoms with van der Waals surface area (Å²) in [4.78, 5) is 0. The standard InChI is InChI=1S/C10H25NO3Si/c1-5-9-14-15(12-3,13-4)10-7-8-11-6-2/h11H,5-10H2,1-4H3. The van der Waals surface area contributed by atoms with Crippen molar-refractivity contribution < 1.29 is 13.3 Å². The molecule has 0 rings (SSSR count). The molecule has 0 aliphatic carbocycles. The van der Waals surface area contributed by atoms with Crippen molar-refractivity contribution in [3.8, 4) is 0 Å². The smallest absolute Gasteiger partial charge is 0.377 e. The molecule has 0 bridgehead atoms. The Morgan fingerprint density at radius 2 is 1.80 bits per heavy atom. The van der Waals surface area contributed by atoms with Crippen LogP contribution in [0.2, 0.25) is 6.04 Å². The van der Waals surface area contributed by atoms with Crippen LogP contribution in [0.25, 0.3) is 0 Å². The SMILES string of the molecule is CCCO[Si](CCCNCC)(OC)OC. The normalized spacial score (nSPS) is 12.0. The number of rotatable bonds is 10. The van der Waals surface area contributed by atoms with Gasteiger partial charge in [0.05, 0.1) is 0 Å². The summed E-state index contributed by atoms with van der Waals surface area (Å²) in [7, 11) is 1.00. The molecule has 0 spiro atoms. The van der Waals surface area contributed by atoms with E-state index in [9.17, 15) is 0 Å². The van der Waals surface area contributed by atoms with Gasteiger partial charge in [0, 0.05) is 26.9 Å². The van der Waals surface area contributed by atoms with E-state index < -0.39 is 8.80 Å². The molecule has 15 heavy (non-hydrogen) atoms. The fourth-order valence-electron chi connectivity index (χ4n) is 1.34. The van der Waals surface area contributed by atoms with Crippen LogP contribution in [0, 0.1) is 0 Å². The van der Waals surface area contributed by atoms with Gasteiger partial charge >= 0.3 is 8.80 Å². The van der Waals surface area contributed by atoms with Crippen LogP contribution in [0.3, 0.4) is 0 Å². The first-order valence-electron chi connectivity index (χ1n) is 5.69. The van der Waals surface area contributed by atoms with Crippen molar-refractivity contribution in [3.63, 3.8) is 0 Å². The largest absolute Gasteiger partial charge is 0.500 e. The first-order valence-corrected chi connectivity index (χ1v) is 7.62. The van der Waals surface area contributed by atoms with E-state index in [0.29, 0.717) is 0 Å². The summed E-state index contributed by atoms with van der Waals surface area (Å²) >= 11 is 0. The minimum atomic E-state index is -2.35. The van der Waals surface area contributed by atoms with Gasteiger partial charge in [-0.1, -0.05) is 13.8 Å². The van der Waals surface area contributed by atoms with Gasteiger partial charge in [0.2, 0.25) is 0 Å². The third-order valence-corrected chi connectivity index (χ3v) is 5.09. The highest BCUT2D eigenvalue weighted by molar-refractivity contribution is 6.60. The van der Waals surface area contributed by atoms with E-state index >= 15 is 0 Å². The third kappa shape index (κ3) is 6.27. The summed E-state index contributed by atoms with van der Waals surface area (Å²) < 4.78 is 16.6. The second-order valence-electron chi connectivity index (χ2n) is 3.40. The van der Waals surface area contributed by atoms with Crippen LogP contribution in [0.5, 0.6) is 0 Å². The lowest BCUT2D eigenvalue weighted by molar-refractivity contribution is 0.0978. The van der Waals surface area contributed by atoms with Gasteiger partial charge in [-0.05, 0) is 25.9 Å². The molecule has 0 fully saturated rings. The quantitative estimate of drug-likeness (QED) is 0.462. The molecule has 0 saturated carbocycles. The first-order chi connectivity index (χ1) is 7.24. The van der Waals surface area contributed by atoms with Crippen LogP contribution in [0.4, 0.5) is 0 Å². The van der Waals surface area contributed by atoms with Crippen molar-refractivity contribution in [2.24, 2.45) is 0 Å². The van der Waals surface area contributed by atoms with Gasteiger partial charge in [0.25, 0.3) is 0 Å². The van der Waals surface area contributed by atoms with Crippen molar-refractivity contribution in [3.05, 3.63) is 0 Å². The molecule has 0 saturated heterocycles. The van der Waals surface area contributed by atoms with E-state index in [1.807, 2.05) is 0 Å². The lowest BCUT2D eigenvalue weighted by atomic mass is 10.5. The number of nitrogens with one attached hydrogen (secondary N) is 1. The molecule has 0 aliphatic heterocycles. The Bertz CT molecular complexity index is 143. The molecule has 0 amide bonds. The second-order valence-corrected chi connectivity index (χ2v) is 6.37. The monoisotopic (exact) mass is 235 g/mol. The molecule has 0 unspecified atom stereocenters. The Morgan fingerprint density at radius 3 is 2.27 bits per heavy atom. The molecule has 0 heterocycles. The highest BCUT2D eigenvalue weighted by Crippen LogP contribution is 2.15. The maximum Gasteiger partial charge on any atom is 0.500 e. The van der Waals surface area contributed by atoms with Crippen LogP contribution >= 0.6 is 0 Å². The zero-order chi connectivity index (χ0) is 11.6. The minimum Gasteiger partial charge on any atom is -0.377 e. The van der Waals surface area contributed by atoms with Crippen molar-refractivity contribution in [1.29, 1.82) is 0 Å². The third-order valence-electron chi connectivity index (χ3n) is 2.23. The van der Waals surface area contributed by atoms with Gasteiger partial charge in [-0.3, -0.25) is 0 Å². The Morgan fingerprint density at radius 1 is 1.13 bits per heavy atom. The molecule has 92 valence electrons. The van der Waals surface area contributed by atoms with Crippen molar-refractivity contribution >= 4 is 8.80 Å². The van der Waals surface area contributed by atoms with Gasteiger partial charge < -0.3 is 18.6 Å². The predicted octanol–water partition coefficient (Wildman–Crippen LogP) is 1.64. The van der Waals surface area contributed by atoms with Gasteiger partial charge in [-0.2, -0.15) is 0 Å². The highest BCUT2D eigenvalue weighted by Gasteiger charge is 2.37. The fourth-order valence-corrected chi connectivity index (χ4v) is 3.42. The summed E-state index contributed by atoms with van der Waals surface area (Å²) in [5.41, 5.74) is 0. The molecule has 5 heteroatoms. The zero-order valence-corrected chi connectivity index (χ0v) is 11.5. The number of hydrogen-bond donors (Lipinski definition) is 1. The predicted molar refractivity (Wildman–Crippen MR) is 64.0 cm³/mol. The molecule has 0 aromatic heterocycles. The lowest BCUT2D eigenvalue weighted by Gasteiger charge is -2.26. The van der Waals surface area contributed by atoms with Gasteiger partial charge in [0.15, 0.2) is 0 Å². The van der Waals surface area contributed by atoms with Crippen molar-refractivity contribution in [1.82, 2.24) is 5.32 Å². The van der Waals surface area contributed by atoms with E-state index in [1.54, 1.807) is 14.2 Å². The molecule has 0 aromatic carbocycles. The summed E-state index contributed by atoms with van der Waals surface area (Å²) in [6.45, 7) is 6.90. The average molecular weight is 235 g/mol. The number of hydrogen-bond acceptors (Lipinski definition) is 4. The van der Waals surface area contributed by atoms with Gasteiger partial charge in [-0.25, -0.2) is 0 Å². The molecule has 1 N–H and O–H groups in total. The Hall–Kier alpha value is 0.0569. The molecular weight excluding hydrogens is 210 g/mol. The van der Waals surface area contributed by atoms with E-state index in [0.717, 1.165) is 38.6 Å². The first kappa shape index (κ1) is 15.1. The van der Waals surface area contributed by atoms with Crippen molar-refractivity contribution in [2.75, 3.05) is 33.9 Å². The van der Waals surface area contributed by atoms with Crippen LogP contribution in [-0.2, 0) is 13.3 Å². The maximum atomic E-state index is 5.72.